The second-order valence-corrected chi connectivity index (χ2v) is 2.37. The van der Waals surface area contributed by atoms with Crippen LogP contribution in [0.5, 0.6) is 0 Å². The Hall–Kier alpha value is -1.64. The van der Waals surface area contributed by atoms with Crippen LogP contribution in [0.25, 0.3) is 6.08 Å². The summed E-state index contributed by atoms with van der Waals surface area (Å²) in [4.78, 5) is 14.8. The Bertz CT molecular complexity index is 293. The molecule has 1 rings (SSSR count). The molecule has 0 saturated heterocycles. The van der Waals surface area contributed by atoms with Crippen LogP contribution in [0.3, 0.4) is 0 Å². The molecule has 1 heterocycles. The van der Waals surface area contributed by atoms with Crippen molar-refractivity contribution in [1.29, 1.82) is 0 Å². The van der Waals surface area contributed by atoms with Gasteiger partial charge in [0.1, 0.15) is 0 Å². The summed E-state index contributed by atoms with van der Waals surface area (Å²) in [7, 11) is 0. The van der Waals surface area contributed by atoms with Gasteiger partial charge in [0.15, 0.2) is 0 Å². The first-order valence-electron chi connectivity index (χ1n) is 4.08. The predicted octanol–water partition coefficient (Wildman–Crippen LogP) is 1.66. The van der Waals surface area contributed by atoms with Gasteiger partial charge in [-0.25, -0.2) is 4.79 Å². The van der Waals surface area contributed by atoms with Crippen LogP contribution >= 0.6 is 0 Å². The van der Waals surface area contributed by atoms with Gasteiger partial charge in [0.05, 0.1) is 6.61 Å². The number of esters is 1. The zero-order valence-corrected chi connectivity index (χ0v) is 7.43. The molecule has 0 N–H and O–H groups in total. The van der Waals surface area contributed by atoms with Crippen molar-refractivity contribution in [3.63, 3.8) is 0 Å². The average molecular weight is 177 g/mol. The number of rotatable bonds is 3. The van der Waals surface area contributed by atoms with Crippen molar-refractivity contribution in [2.75, 3.05) is 6.61 Å². The van der Waals surface area contributed by atoms with Crippen molar-refractivity contribution in [2.24, 2.45) is 0 Å². The van der Waals surface area contributed by atoms with Gasteiger partial charge in [-0.1, -0.05) is 6.07 Å². The van der Waals surface area contributed by atoms with E-state index in [1.54, 1.807) is 25.4 Å². The van der Waals surface area contributed by atoms with Crippen LogP contribution < -0.4 is 0 Å². The molecule has 1 aromatic heterocycles. The van der Waals surface area contributed by atoms with Gasteiger partial charge < -0.3 is 4.74 Å². The van der Waals surface area contributed by atoms with Crippen molar-refractivity contribution in [3.8, 4) is 0 Å². The van der Waals surface area contributed by atoms with Crippen LogP contribution in [-0.4, -0.2) is 17.6 Å². The average Bonchev–Trinajstić information content (AvgIpc) is 2.17. The quantitative estimate of drug-likeness (QED) is 0.520. The molecule has 0 aromatic carbocycles. The predicted molar refractivity (Wildman–Crippen MR) is 49.9 cm³/mol. The molecule has 3 heteroatoms. The molecular weight excluding hydrogens is 166 g/mol. The molecule has 0 aliphatic rings. The number of hydrogen-bond donors (Lipinski definition) is 0. The van der Waals surface area contributed by atoms with Crippen molar-refractivity contribution in [2.45, 2.75) is 6.92 Å². The summed E-state index contributed by atoms with van der Waals surface area (Å²) < 4.78 is 4.72. The highest BCUT2D eigenvalue weighted by Crippen LogP contribution is 1.98. The van der Waals surface area contributed by atoms with E-state index in [-0.39, 0.29) is 5.97 Å². The third-order valence-electron chi connectivity index (χ3n) is 1.38. The number of carbonyl (C=O) groups excluding carboxylic acids is 1. The number of ether oxygens (including phenoxy) is 1. The van der Waals surface area contributed by atoms with Gasteiger partial charge in [-0.2, -0.15) is 0 Å². The van der Waals surface area contributed by atoms with Crippen molar-refractivity contribution < 1.29 is 9.53 Å². The standard InChI is InChI=1S/C10H11NO2/c1-2-13-10(12)6-5-9-4-3-7-11-8-9/h3-8H,2H2,1H3/b6-5+. The largest absolute Gasteiger partial charge is 0.463 e. The fraction of sp³-hybridized carbons (Fsp3) is 0.200. The number of aromatic nitrogens is 1. The molecule has 0 spiro atoms. The molecule has 0 atom stereocenters. The second-order valence-electron chi connectivity index (χ2n) is 2.37. The Morgan fingerprint density at radius 3 is 3.15 bits per heavy atom. The van der Waals surface area contributed by atoms with E-state index in [0.29, 0.717) is 6.61 Å². The summed E-state index contributed by atoms with van der Waals surface area (Å²) in [5, 5.41) is 0. The summed E-state index contributed by atoms with van der Waals surface area (Å²) in [6.07, 6.45) is 6.42. The maximum Gasteiger partial charge on any atom is 0.330 e. The fourth-order valence-corrected chi connectivity index (χ4v) is 0.829. The summed E-state index contributed by atoms with van der Waals surface area (Å²) in [5.74, 6) is -0.327. The molecular formula is C10H11NO2. The van der Waals surface area contributed by atoms with Crippen LogP contribution in [0.1, 0.15) is 12.5 Å². The van der Waals surface area contributed by atoms with Crippen LogP contribution in [0.2, 0.25) is 0 Å². The molecule has 0 saturated carbocycles. The van der Waals surface area contributed by atoms with E-state index in [2.05, 4.69) is 4.98 Å². The minimum absolute atomic E-state index is 0.327. The van der Waals surface area contributed by atoms with E-state index in [1.165, 1.54) is 6.08 Å². The molecule has 0 amide bonds. The normalized spacial score (nSPS) is 10.2. The Morgan fingerprint density at radius 2 is 2.54 bits per heavy atom. The van der Waals surface area contributed by atoms with Gasteiger partial charge in [0, 0.05) is 18.5 Å². The molecule has 0 radical (unpaired) electrons. The summed E-state index contributed by atoms with van der Waals surface area (Å²) in [6.45, 7) is 2.17. The molecule has 0 unspecified atom stereocenters. The zero-order chi connectivity index (χ0) is 9.52. The molecule has 3 nitrogen and oxygen atoms in total. The minimum Gasteiger partial charge on any atom is -0.463 e. The third kappa shape index (κ3) is 3.51. The number of nitrogens with zero attached hydrogens (tertiary/aromatic N) is 1. The van der Waals surface area contributed by atoms with Crippen molar-refractivity contribution in [1.82, 2.24) is 4.98 Å². The number of pyridine rings is 1. The molecule has 0 bridgehead atoms. The van der Waals surface area contributed by atoms with Gasteiger partial charge in [0.2, 0.25) is 0 Å². The molecule has 13 heavy (non-hydrogen) atoms. The lowest BCUT2D eigenvalue weighted by atomic mass is 10.2. The summed E-state index contributed by atoms with van der Waals surface area (Å²) in [5.41, 5.74) is 0.885. The summed E-state index contributed by atoms with van der Waals surface area (Å²) in [6, 6.07) is 3.67. The van der Waals surface area contributed by atoms with Crippen LogP contribution in [0.15, 0.2) is 30.6 Å². The van der Waals surface area contributed by atoms with Gasteiger partial charge in [-0.15, -0.1) is 0 Å². The Kier molecular flexibility index (Phi) is 3.70. The first-order valence-corrected chi connectivity index (χ1v) is 4.08. The molecule has 1 aromatic rings. The minimum atomic E-state index is -0.327. The maximum absolute atomic E-state index is 10.9. The van der Waals surface area contributed by atoms with E-state index in [4.69, 9.17) is 4.74 Å². The number of hydrogen-bond acceptors (Lipinski definition) is 3. The lowest BCUT2D eigenvalue weighted by Gasteiger charge is -1.94. The fourth-order valence-electron chi connectivity index (χ4n) is 0.829. The Balaban J connectivity index is 2.54. The Labute approximate surface area is 77.1 Å². The maximum atomic E-state index is 10.9. The number of carbonyl (C=O) groups is 1. The topological polar surface area (TPSA) is 39.2 Å². The smallest absolute Gasteiger partial charge is 0.330 e. The lowest BCUT2D eigenvalue weighted by Crippen LogP contribution is -1.98. The van der Waals surface area contributed by atoms with Gasteiger partial charge in [-0.05, 0) is 24.6 Å². The highest BCUT2D eigenvalue weighted by molar-refractivity contribution is 5.86. The monoisotopic (exact) mass is 177 g/mol. The first-order chi connectivity index (χ1) is 6.33. The first kappa shape index (κ1) is 9.45. The summed E-state index contributed by atoms with van der Waals surface area (Å²) >= 11 is 0. The van der Waals surface area contributed by atoms with E-state index < -0.39 is 0 Å². The Morgan fingerprint density at radius 1 is 1.69 bits per heavy atom. The van der Waals surface area contributed by atoms with Gasteiger partial charge >= 0.3 is 5.97 Å². The molecule has 0 fully saturated rings. The van der Waals surface area contributed by atoms with Crippen LogP contribution in [0.4, 0.5) is 0 Å². The van der Waals surface area contributed by atoms with E-state index in [9.17, 15) is 4.79 Å². The van der Waals surface area contributed by atoms with Gasteiger partial charge in [-0.3, -0.25) is 4.98 Å². The molecule has 0 aliphatic heterocycles. The van der Waals surface area contributed by atoms with E-state index in [1.807, 2.05) is 12.1 Å². The lowest BCUT2D eigenvalue weighted by molar-refractivity contribution is -0.137. The highest BCUT2D eigenvalue weighted by Gasteiger charge is 1.92. The van der Waals surface area contributed by atoms with Crippen LogP contribution in [-0.2, 0) is 9.53 Å². The van der Waals surface area contributed by atoms with E-state index >= 15 is 0 Å². The molecule has 0 aliphatic carbocycles. The second kappa shape index (κ2) is 5.09. The molecule has 68 valence electrons. The van der Waals surface area contributed by atoms with E-state index in [0.717, 1.165) is 5.56 Å². The third-order valence-corrected chi connectivity index (χ3v) is 1.38. The zero-order valence-electron chi connectivity index (χ0n) is 7.43. The van der Waals surface area contributed by atoms with Crippen molar-refractivity contribution in [3.05, 3.63) is 36.2 Å². The SMILES string of the molecule is CCOC(=O)/C=C/c1cccnc1. The van der Waals surface area contributed by atoms with Crippen LogP contribution in [0, 0.1) is 0 Å². The van der Waals surface area contributed by atoms with Crippen molar-refractivity contribution >= 4 is 12.0 Å². The van der Waals surface area contributed by atoms with Gasteiger partial charge in [0.25, 0.3) is 0 Å². The highest BCUT2D eigenvalue weighted by atomic mass is 16.5.